The predicted octanol–water partition coefficient (Wildman–Crippen LogP) is 0.768. The van der Waals surface area contributed by atoms with Gasteiger partial charge in [0.25, 0.3) is 5.91 Å². The Labute approximate surface area is 108 Å². The number of benzene rings is 1. The highest BCUT2D eigenvalue weighted by atomic mass is 32.2. The topological polar surface area (TPSA) is 83.5 Å². The van der Waals surface area contributed by atoms with Crippen molar-refractivity contribution in [3.63, 3.8) is 0 Å². The van der Waals surface area contributed by atoms with E-state index in [2.05, 4.69) is 5.32 Å². The van der Waals surface area contributed by atoms with E-state index < -0.39 is 28.7 Å². The van der Waals surface area contributed by atoms with Gasteiger partial charge in [-0.3, -0.25) is 13.8 Å². The molecule has 0 saturated heterocycles. The first-order chi connectivity index (χ1) is 8.40. The smallest absolute Gasteiger partial charge is 0.325 e. The maximum absolute atomic E-state index is 11.7. The second-order valence-corrected chi connectivity index (χ2v) is 5.39. The van der Waals surface area contributed by atoms with E-state index in [1.807, 2.05) is 0 Å². The molecular weight excluding hydrogens is 254 g/mol. The molecular formula is C12H15NO4S. The van der Waals surface area contributed by atoms with Crippen LogP contribution < -0.4 is 5.32 Å². The summed E-state index contributed by atoms with van der Waals surface area (Å²) >= 11 is 0. The molecule has 0 bridgehead atoms. The molecule has 0 heterocycles. The van der Waals surface area contributed by atoms with E-state index in [0.717, 1.165) is 5.56 Å². The first kappa shape index (κ1) is 14.4. The first-order valence-electron chi connectivity index (χ1n) is 5.33. The number of carbonyl (C=O) groups excluding carboxylic acids is 1. The predicted molar refractivity (Wildman–Crippen MR) is 68.8 cm³/mol. The van der Waals surface area contributed by atoms with Crippen LogP contribution in [0.1, 0.15) is 22.8 Å². The van der Waals surface area contributed by atoms with Crippen LogP contribution in [-0.4, -0.2) is 33.5 Å². The zero-order valence-electron chi connectivity index (χ0n) is 10.2. The summed E-state index contributed by atoms with van der Waals surface area (Å²) in [6.45, 7) is 1.39. The maximum atomic E-state index is 11.7. The number of hydrogen-bond donors (Lipinski definition) is 2. The molecule has 0 fully saturated rings. The number of amides is 1. The van der Waals surface area contributed by atoms with Gasteiger partial charge in [-0.2, -0.15) is 0 Å². The summed E-state index contributed by atoms with van der Waals surface area (Å²) in [5.74, 6) is -1.17. The standard InChI is InChI=1S/C12H15NO4S/c1-8(12(15)16)13-11(14)10-5-3-4-9(6-10)7-18(2)17/h3-6,8H,7H2,1-2H3,(H,13,14)(H,15,16)/t8-,18?/m0/s1. The van der Waals surface area contributed by atoms with Crippen LogP contribution in [0.25, 0.3) is 0 Å². The molecule has 0 spiro atoms. The Kier molecular flexibility index (Phi) is 5.03. The summed E-state index contributed by atoms with van der Waals surface area (Å²) in [4.78, 5) is 22.4. The van der Waals surface area contributed by atoms with Gasteiger partial charge in [-0.1, -0.05) is 12.1 Å². The number of carbonyl (C=O) groups is 2. The highest BCUT2D eigenvalue weighted by molar-refractivity contribution is 7.83. The molecule has 2 N–H and O–H groups in total. The summed E-state index contributed by atoms with van der Waals surface area (Å²) in [6, 6.07) is 5.72. The van der Waals surface area contributed by atoms with Crippen molar-refractivity contribution in [2.75, 3.05) is 6.26 Å². The van der Waals surface area contributed by atoms with Crippen molar-refractivity contribution in [1.29, 1.82) is 0 Å². The fraction of sp³-hybridized carbons (Fsp3) is 0.333. The van der Waals surface area contributed by atoms with Gasteiger partial charge < -0.3 is 10.4 Å². The van der Waals surface area contributed by atoms with Gasteiger partial charge in [-0.15, -0.1) is 0 Å². The summed E-state index contributed by atoms with van der Waals surface area (Å²) < 4.78 is 11.1. The minimum absolute atomic E-state index is 0.367. The van der Waals surface area contributed by atoms with E-state index >= 15 is 0 Å². The van der Waals surface area contributed by atoms with E-state index in [0.29, 0.717) is 11.3 Å². The molecule has 98 valence electrons. The molecule has 6 heteroatoms. The molecule has 0 aliphatic carbocycles. The third kappa shape index (κ3) is 4.29. The summed E-state index contributed by atoms with van der Waals surface area (Å²) in [5.41, 5.74) is 1.15. The number of nitrogens with one attached hydrogen (secondary N) is 1. The van der Waals surface area contributed by atoms with Gasteiger partial charge in [-0.25, -0.2) is 0 Å². The van der Waals surface area contributed by atoms with Gasteiger partial charge in [0.05, 0.1) is 0 Å². The zero-order valence-corrected chi connectivity index (χ0v) is 11.0. The molecule has 0 saturated carbocycles. The largest absolute Gasteiger partial charge is 0.480 e. The van der Waals surface area contributed by atoms with Crippen LogP contribution in [0, 0.1) is 0 Å². The Morgan fingerprint density at radius 3 is 2.67 bits per heavy atom. The molecule has 1 rings (SSSR count). The Morgan fingerprint density at radius 1 is 1.44 bits per heavy atom. The van der Waals surface area contributed by atoms with E-state index in [9.17, 15) is 13.8 Å². The van der Waals surface area contributed by atoms with E-state index in [1.165, 1.54) is 6.92 Å². The monoisotopic (exact) mass is 269 g/mol. The molecule has 5 nitrogen and oxygen atoms in total. The molecule has 0 aliphatic rings. The van der Waals surface area contributed by atoms with Crippen LogP contribution in [0.5, 0.6) is 0 Å². The fourth-order valence-corrected chi connectivity index (χ4v) is 2.03. The summed E-state index contributed by atoms with van der Waals surface area (Å²) in [7, 11) is -0.982. The number of hydrogen-bond acceptors (Lipinski definition) is 3. The average Bonchev–Trinajstić information content (AvgIpc) is 2.28. The van der Waals surface area contributed by atoms with E-state index in [1.54, 1.807) is 30.5 Å². The molecule has 18 heavy (non-hydrogen) atoms. The molecule has 1 amide bonds. The number of carboxylic acids is 1. The number of rotatable bonds is 5. The number of aliphatic carboxylic acids is 1. The lowest BCUT2D eigenvalue weighted by molar-refractivity contribution is -0.138. The molecule has 1 unspecified atom stereocenters. The Bertz CT molecular complexity index is 487. The van der Waals surface area contributed by atoms with Crippen LogP contribution in [0.4, 0.5) is 0 Å². The maximum Gasteiger partial charge on any atom is 0.325 e. The molecule has 2 atom stereocenters. The normalized spacial score (nSPS) is 13.7. The molecule has 1 aromatic carbocycles. The second-order valence-electron chi connectivity index (χ2n) is 3.95. The summed E-state index contributed by atoms with van der Waals surface area (Å²) in [5, 5.41) is 11.1. The van der Waals surface area contributed by atoms with Crippen molar-refractivity contribution >= 4 is 22.7 Å². The van der Waals surface area contributed by atoms with Crippen molar-refractivity contribution in [2.24, 2.45) is 0 Å². The molecule has 0 aromatic heterocycles. The van der Waals surface area contributed by atoms with Crippen LogP contribution in [0.2, 0.25) is 0 Å². The third-order valence-corrected chi connectivity index (χ3v) is 3.02. The van der Waals surface area contributed by atoms with Gasteiger partial charge in [0.1, 0.15) is 6.04 Å². The van der Waals surface area contributed by atoms with Gasteiger partial charge in [0.2, 0.25) is 0 Å². The van der Waals surface area contributed by atoms with Crippen molar-refractivity contribution in [3.05, 3.63) is 35.4 Å². The Hall–Kier alpha value is -1.69. The van der Waals surface area contributed by atoms with Gasteiger partial charge in [0.15, 0.2) is 0 Å². The Balaban J connectivity index is 2.80. The van der Waals surface area contributed by atoms with Gasteiger partial charge in [-0.05, 0) is 24.6 Å². The lowest BCUT2D eigenvalue weighted by atomic mass is 10.1. The SMILES string of the molecule is C[C@H](NC(=O)c1cccc(CS(C)=O)c1)C(=O)O. The minimum atomic E-state index is -1.09. The average molecular weight is 269 g/mol. The lowest BCUT2D eigenvalue weighted by Crippen LogP contribution is -2.38. The highest BCUT2D eigenvalue weighted by Crippen LogP contribution is 2.07. The van der Waals surface area contributed by atoms with Crippen molar-refractivity contribution in [2.45, 2.75) is 18.7 Å². The van der Waals surface area contributed by atoms with Crippen molar-refractivity contribution in [3.8, 4) is 0 Å². The van der Waals surface area contributed by atoms with Crippen LogP contribution in [0.15, 0.2) is 24.3 Å². The first-order valence-corrected chi connectivity index (χ1v) is 7.05. The van der Waals surface area contributed by atoms with E-state index in [-0.39, 0.29) is 0 Å². The quantitative estimate of drug-likeness (QED) is 0.827. The molecule has 0 radical (unpaired) electrons. The van der Waals surface area contributed by atoms with E-state index in [4.69, 9.17) is 5.11 Å². The Morgan fingerprint density at radius 2 is 2.11 bits per heavy atom. The molecule has 1 aromatic rings. The van der Waals surface area contributed by atoms with Crippen LogP contribution in [0.3, 0.4) is 0 Å². The minimum Gasteiger partial charge on any atom is -0.480 e. The third-order valence-electron chi connectivity index (χ3n) is 2.28. The fourth-order valence-electron chi connectivity index (χ4n) is 1.38. The van der Waals surface area contributed by atoms with Gasteiger partial charge in [0, 0.05) is 28.4 Å². The van der Waals surface area contributed by atoms with Crippen molar-refractivity contribution in [1.82, 2.24) is 5.32 Å². The zero-order chi connectivity index (χ0) is 13.7. The van der Waals surface area contributed by atoms with Crippen molar-refractivity contribution < 1.29 is 18.9 Å². The van der Waals surface area contributed by atoms with Crippen LogP contribution in [-0.2, 0) is 21.3 Å². The lowest BCUT2D eigenvalue weighted by Gasteiger charge is -2.09. The number of carboxylic acid groups (broad SMARTS) is 1. The van der Waals surface area contributed by atoms with Gasteiger partial charge >= 0.3 is 5.97 Å². The second kappa shape index (κ2) is 6.30. The highest BCUT2D eigenvalue weighted by Gasteiger charge is 2.15. The summed E-state index contributed by atoms with van der Waals surface area (Å²) in [6.07, 6.45) is 1.58. The van der Waals surface area contributed by atoms with Crippen LogP contribution >= 0.6 is 0 Å². The molecule has 0 aliphatic heterocycles.